The second kappa shape index (κ2) is 8.99. The van der Waals surface area contributed by atoms with E-state index in [1.165, 1.54) is 17.7 Å². The lowest BCUT2D eigenvalue weighted by molar-refractivity contribution is -0.115. The molecule has 0 spiro atoms. The van der Waals surface area contributed by atoms with Gasteiger partial charge in [0.1, 0.15) is 5.82 Å². The maximum Gasteiger partial charge on any atom is 0.243 e. The third-order valence-corrected chi connectivity index (χ3v) is 4.00. The smallest absolute Gasteiger partial charge is 0.243 e. The fraction of sp³-hybridized carbons (Fsp3) is 0.300. The van der Waals surface area contributed by atoms with Gasteiger partial charge in [0.25, 0.3) is 0 Å². The fourth-order valence-corrected chi connectivity index (χ4v) is 2.45. The molecule has 0 saturated carbocycles. The van der Waals surface area contributed by atoms with Crippen molar-refractivity contribution in [3.8, 4) is 0 Å². The van der Waals surface area contributed by atoms with Gasteiger partial charge >= 0.3 is 0 Å². The van der Waals surface area contributed by atoms with Crippen LogP contribution >= 0.6 is 0 Å². The molecule has 0 atom stereocenters. The van der Waals surface area contributed by atoms with Gasteiger partial charge in [0, 0.05) is 24.7 Å². The lowest BCUT2D eigenvalue weighted by atomic mass is 9.85. The Morgan fingerprint density at radius 3 is 2.46 bits per heavy atom. The zero-order chi connectivity index (χ0) is 19.0. The summed E-state index contributed by atoms with van der Waals surface area (Å²) in [4.78, 5) is 16.1. The van der Waals surface area contributed by atoms with Crippen molar-refractivity contribution in [3.63, 3.8) is 0 Å². The number of guanidine groups is 1. The zero-order valence-corrected chi connectivity index (χ0v) is 15.3. The number of hydrogen-bond acceptors (Lipinski definition) is 2. The van der Waals surface area contributed by atoms with Crippen molar-refractivity contribution >= 4 is 17.6 Å². The quantitative estimate of drug-likeness (QED) is 0.551. The van der Waals surface area contributed by atoms with Crippen molar-refractivity contribution in [2.75, 3.05) is 25.5 Å². The summed E-state index contributed by atoms with van der Waals surface area (Å²) in [5.41, 5.74) is 1.54. The number of nitrogens with zero attached hydrogens (tertiary/aromatic N) is 1. The fourth-order valence-electron chi connectivity index (χ4n) is 2.45. The minimum absolute atomic E-state index is 0.0297. The Balaban J connectivity index is 1.83. The van der Waals surface area contributed by atoms with Crippen LogP contribution in [0.5, 0.6) is 0 Å². The Bertz CT molecular complexity index is 759. The van der Waals surface area contributed by atoms with Gasteiger partial charge in [0.2, 0.25) is 5.91 Å². The maximum absolute atomic E-state index is 13.1. The molecular formula is C20H25FN4O. The van der Waals surface area contributed by atoms with Gasteiger partial charge in [0.05, 0.1) is 6.54 Å². The lowest BCUT2D eigenvalue weighted by Crippen LogP contribution is -2.45. The first-order valence-corrected chi connectivity index (χ1v) is 8.46. The number of nitrogens with one attached hydrogen (secondary N) is 3. The van der Waals surface area contributed by atoms with Crippen LogP contribution in [0.1, 0.15) is 19.4 Å². The molecule has 2 aromatic rings. The molecular weight excluding hydrogens is 331 g/mol. The summed E-state index contributed by atoms with van der Waals surface area (Å²) in [6, 6.07) is 16.0. The summed E-state index contributed by atoms with van der Waals surface area (Å²) < 4.78 is 13.1. The number of carbonyl (C=O) groups is 1. The van der Waals surface area contributed by atoms with Crippen molar-refractivity contribution < 1.29 is 9.18 Å². The van der Waals surface area contributed by atoms with Crippen LogP contribution in [0.25, 0.3) is 0 Å². The van der Waals surface area contributed by atoms with Gasteiger partial charge < -0.3 is 16.0 Å². The molecule has 138 valence electrons. The van der Waals surface area contributed by atoms with Crippen LogP contribution in [0.15, 0.2) is 59.6 Å². The molecule has 0 aliphatic heterocycles. The summed E-state index contributed by atoms with van der Waals surface area (Å²) in [5.74, 6) is -0.138. The van der Waals surface area contributed by atoms with E-state index >= 15 is 0 Å². The Kier molecular flexibility index (Phi) is 6.72. The molecule has 0 bridgehead atoms. The van der Waals surface area contributed by atoms with Gasteiger partial charge in [-0.2, -0.15) is 0 Å². The first kappa shape index (κ1) is 19.4. The molecule has 1 amide bonds. The van der Waals surface area contributed by atoms with Gasteiger partial charge in [-0.25, -0.2) is 4.39 Å². The molecule has 0 fully saturated rings. The Hall–Kier alpha value is -2.89. The Labute approximate surface area is 153 Å². The molecule has 0 aromatic heterocycles. The van der Waals surface area contributed by atoms with Crippen LogP contribution < -0.4 is 16.0 Å². The first-order chi connectivity index (χ1) is 12.4. The average Bonchev–Trinajstić information content (AvgIpc) is 2.62. The SMILES string of the molecule is CN=C(NCC(=O)Nc1cccc(F)c1)NCC(C)(C)c1ccccc1. The third-order valence-electron chi connectivity index (χ3n) is 4.00. The van der Waals surface area contributed by atoms with Crippen molar-refractivity contribution in [1.29, 1.82) is 0 Å². The van der Waals surface area contributed by atoms with Crippen molar-refractivity contribution in [2.45, 2.75) is 19.3 Å². The Morgan fingerprint density at radius 1 is 1.08 bits per heavy atom. The molecule has 0 aliphatic rings. The second-order valence-electron chi connectivity index (χ2n) is 6.59. The molecule has 3 N–H and O–H groups in total. The van der Waals surface area contributed by atoms with Gasteiger partial charge in [-0.15, -0.1) is 0 Å². The van der Waals surface area contributed by atoms with E-state index in [2.05, 4.69) is 46.9 Å². The topological polar surface area (TPSA) is 65.5 Å². The molecule has 0 aliphatic carbocycles. The first-order valence-electron chi connectivity index (χ1n) is 8.46. The zero-order valence-electron chi connectivity index (χ0n) is 15.3. The van der Waals surface area contributed by atoms with Crippen LogP contribution in [0, 0.1) is 5.82 Å². The number of aliphatic imine (C=N–C) groups is 1. The van der Waals surface area contributed by atoms with Crippen LogP contribution in [-0.4, -0.2) is 32.0 Å². The molecule has 0 unspecified atom stereocenters. The van der Waals surface area contributed by atoms with E-state index in [1.807, 2.05) is 18.2 Å². The summed E-state index contributed by atoms with van der Waals surface area (Å²) in [6.45, 7) is 4.96. The highest BCUT2D eigenvalue weighted by atomic mass is 19.1. The number of anilines is 1. The molecule has 0 radical (unpaired) electrons. The molecule has 26 heavy (non-hydrogen) atoms. The van der Waals surface area contributed by atoms with Crippen LogP contribution in [0.2, 0.25) is 0 Å². The lowest BCUT2D eigenvalue weighted by Gasteiger charge is -2.26. The minimum atomic E-state index is -0.392. The van der Waals surface area contributed by atoms with E-state index < -0.39 is 5.82 Å². The predicted octanol–water partition coefficient (Wildman–Crippen LogP) is 2.91. The summed E-state index contributed by atoms with van der Waals surface area (Å²) in [6.07, 6.45) is 0. The largest absolute Gasteiger partial charge is 0.356 e. The van der Waals surface area contributed by atoms with E-state index in [4.69, 9.17) is 0 Å². The number of halogens is 1. The third kappa shape index (κ3) is 5.88. The Morgan fingerprint density at radius 2 is 1.81 bits per heavy atom. The maximum atomic E-state index is 13.1. The standard InChI is InChI=1S/C20H25FN4O/c1-20(2,15-8-5-4-6-9-15)14-24-19(22-3)23-13-18(26)25-17-11-7-10-16(21)12-17/h4-12H,13-14H2,1-3H3,(H,25,26)(H2,22,23,24). The van der Waals surface area contributed by atoms with Gasteiger partial charge in [-0.05, 0) is 23.8 Å². The van der Waals surface area contributed by atoms with Gasteiger partial charge in [-0.1, -0.05) is 50.2 Å². The van der Waals surface area contributed by atoms with Gasteiger partial charge in [-0.3, -0.25) is 9.79 Å². The van der Waals surface area contributed by atoms with Crippen molar-refractivity contribution in [2.24, 2.45) is 4.99 Å². The van der Waals surface area contributed by atoms with E-state index in [1.54, 1.807) is 19.2 Å². The average molecular weight is 356 g/mol. The number of carbonyl (C=O) groups excluding carboxylic acids is 1. The molecule has 2 aromatic carbocycles. The van der Waals surface area contributed by atoms with Crippen molar-refractivity contribution in [1.82, 2.24) is 10.6 Å². The van der Waals surface area contributed by atoms with Crippen LogP contribution in [0.4, 0.5) is 10.1 Å². The molecule has 2 rings (SSSR count). The van der Waals surface area contributed by atoms with E-state index in [9.17, 15) is 9.18 Å². The second-order valence-corrected chi connectivity index (χ2v) is 6.59. The van der Waals surface area contributed by atoms with E-state index in [0.717, 1.165) is 0 Å². The van der Waals surface area contributed by atoms with Crippen LogP contribution in [0.3, 0.4) is 0 Å². The molecule has 6 heteroatoms. The number of benzene rings is 2. The minimum Gasteiger partial charge on any atom is -0.356 e. The predicted molar refractivity (Wildman–Crippen MR) is 104 cm³/mol. The van der Waals surface area contributed by atoms with Gasteiger partial charge in [0.15, 0.2) is 5.96 Å². The summed E-state index contributed by atoms with van der Waals surface area (Å²) in [5, 5.41) is 8.83. The highest BCUT2D eigenvalue weighted by Crippen LogP contribution is 2.21. The number of hydrogen-bond donors (Lipinski definition) is 3. The highest BCUT2D eigenvalue weighted by Gasteiger charge is 2.20. The number of rotatable bonds is 6. The summed E-state index contributed by atoms with van der Waals surface area (Å²) >= 11 is 0. The highest BCUT2D eigenvalue weighted by molar-refractivity contribution is 5.94. The molecule has 0 saturated heterocycles. The monoisotopic (exact) mass is 356 g/mol. The van der Waals surface area contributed by atoms with Crippen LogP contribution in [-0.2, 0) is 10.2 Å². The van der Waals surface area contributed by atoms with E-state index in [0.29, 0.717) is 18.2 Å². The van der Waals surface area contributed by atoms with E-state index in [-0.39, 0.29) is 17.9 Å². The summed E-state index contributed by atoms with van der Waals surface area (Å²) in [7, 11) is 1.65. The molecule has 5 nitrogen and oxygen atoms in total. The number of amides is 1. The molecule has 0 heterocycles. The normalized spacial score (nSPS) is 11.8. The van der Waals surface area contributed by atoms with Crippen molar-refractivity contribution in [3.05, 3.63) is 66.0 Å².